The van der Waals surface area contributed by atoms with Crippen LogP contribution in [0.25, 0.3) is 0 Å². The lowest BCUT2D eigenvalue weighted by Crippen LogP contribution is -2.27. The van der Waals surface area contributed by atoms with Gasteiger partial charge in [0.05, 0.1) is 11.9 Å². The van der Waals surface area contributed by atoms with Gasteiger partial charge in [0.1, 0.15) is 11.3 Å². The Hall–Kier alpha value is -1.99. The van der Waals surface area contributed by atoms with E-state index < -0.39 is 35.0 Å². The number of aromatic nitrogens is 1. The summed E-state index contributed by atoms with van der Waals surface area (Å²) in [5.74, 6) is -0.584. The molecule has 0 aliphatic carbocycles. The lowest BCUT2D eigenvalue weighted by atomic mass is 10.2. The largest absolute Gasteiger partial charge is 0.504 e. The van der Waals surface area contributed by atoms with Crippen molar-refractivity contribution in [1.82, 2.24) is 4.98 Å². The molecule has 0 radical (unpaired) electrons. The van der Waals surface area contributed by atoms with Crippen LogP contribution in [0.1, 0.15) is 26.5 Å². The van der Waals surface area contributed by atoms with E-state index in [4.69, 9.17) is 4.74 Å². The Morgan fingerprint density at radius 1 is 1.37 bits per heavy atom. The van der Waals surface area contributed by atoms with Gasteiger partial charge in [-0.2, -0.15) is 13.2 Å². The second-order valence-corrected chi connectivity index (χ2v) is 4.71. The SMILES string of the molecule is CC(C)(C)OC(=O)Nc1cc(C(F)(F)F)ncc1O. The zero-order valence-corrected chi connectivity index (χ0v) is 10.5. The summed E-state index contributed by atoms with van der Waals surface area (Å²) in [6, 6.07) is 0.527. The minimum absolute atomic E-state index is 0.420. The smallest absolute Gasteiger partial charge is 0.433 e. The fourth-order valence-electron chi connectivity index (χ4n) is 1.12. The lowest BCUT2D eigenvalue weighted by Gasteiger charge is -2.20. The Kier molecular flexibility index (Phi) is 3.92. The van der Waals surface area contributed by atoms with E-state index in [9.17, 15) is 23.1 Å². The van der Waals surface area contributed by atoms with Gasteiger partial charge in [0, 0.05) is 0 Å². The highest BCUT2D eigenvalue weighted by molar-refractivity contribution is 5.86. The molecule has 1 heterocycles. The van der Waals surface area contributed by atoms with Crippen molar-refractivity contribution in [2.24, 2.45) is 0 Å². The van der Waals surface area contributed by atoms with Gasteiger partial charge in [0.15, 0.2) is 5.75 Å². The van der Waals surface area contributed by atoms with Gasteiger partial charge >= 0.3 is 12.3 Å². The van der Waals surface area contributed by atoms with Crippen LogP contribution in [0.2, 0.25) is 0 Å². The summed E-state index contributed by atoms with van der Waals surface area (Å²) < 4.78 is 42.1. The zero-order valence-electron chi connectivity index (χ0n) is 10.5. The van der Waals surface area contributed by atoms with Crippen LogP contribution in [0.5, 0.6) is 5.75 Å². The molecule has 0 fully saturated rings. The Labute approximate surface area is 107 Å². The first-order valence-electron chi connectivity index (χ1n) is 5.25. The molecule has 0 bridgehead atoms. The first-order valence-corrected chi connectivity index (χ1v) is 5.25. The number of carbonyl (C=O) groups excluding carboxylic acids is 1. The first-order chi connectivity index (χ1) is 8.49. The van der Waals surface area contributed by atoms with Crippen LogP contribution in [0, 0.1) is 0 Å². The molecule has 1 amide bonds. The highest BCUT2D eigenvalue weighted by atomic mass is 19.4. The van der Waals surface area contributed by atoms with E-state index in [0.717, 1.165) is 0 Å². The molecule has 0 saturated heterocycles. The van der Waals surface area contributed by atoms with Gasteiger partial charge in [-0.25, -0.2) is 9.78 Å². The second kappa shape index (κ2) is 4.94. The molecule has 19 heavy (non-hydrogen) atoms. The van der Waals surface area contributed by atoms with Gasteiger partial charge < -0.3 is 9.84 Å². The molecule has 0 atom stereocenters. The molecule has 0 saturated carbocycles. The summed E-state index contributed by atoms with van der Waals surface area (Å²) >= 11 is 0. The normalized spacial score (nSPS) is 12.1. The Morgan fingerprint density at radius 3 is 2.42 bits per heavy atom. The summed E-state index contributed by atoms with van der Waals surface area (Å²) in [6.07, 6.45) is -5.03. The number of pyridine rings is 1. The van der Waals surface area contributed by atoms with Crippen molar-refractivity contribution in [1.29, 1.82) is 0 Å². The Balaban J connectivity index is 2.92. The summed E-state index contributed by atoms with van der Waals surface area (Å²) in [4.78, 5) is 14.4. The highest BCUT2D eigenvalue weighted by Gasteiger charge is 2.33. The van der Waals surface area contributed by atoms with Gasteiger partial charge in [0.2, 0.25) is 0 Å². The minimum Gasteiger partial charge on any atom is -0.504 e. The van der Waals surface area contributed by atoms with Crippen molar-refractivity contribution >= 4 is 11.8 Å². The molecular weight excluding hydrogens is 265 g/mol. The maximum absolute atomic E-state index is 12.4. The number of nitrogens with one attached hydrogen (secondary N) is 1. The van der Waals surface area contributed by atoms with Crippen molar-refractivity contribution in [3.05, 3.63) is 18.0 Å². The van der Waals surface area contributed by atoms with Gasteiger partial charge in [-0.05, 0) is 26.8 Å². The second-order valence-electron chi connectivity index (χ2n) is 4.71. The monoisotopic (exact) mass is 278 g/mol. The van der Waals surface area contributed by atoms with E-state index in [-0.39, 0.29) is 0 Å². The Bertz CT molecular complexity index is 481. The number of anilines is 1. The average molecular weight is 278 g/mol. The number of amides is 1. The van der Waals surface area contributed by atoms with Crippen LogP contribution in [-0.4, -0.2) is 21.8 Å². The Morgan fingerprint density at radius 2 is 1.95 bits per heavy atom. The third-order valence-corrected chi connectivity index (χ3v) is 1.81. The quantitative estimate of drug-likeness (QED) is 0.827. The molecule has 0 aromatic carbocycles. The van der Waals surface area contributed by atoms with Crippen LogP contribution in [-0.2, 0) is 10.9 Å². The van der Waals surface area contributed by atoms with E-state index in [1.165, 1.54) is 0 Å². The van der Waals surface area contributed by atoms with Gasteiger partial charge in [0.25, 0.3) is 0 Å². The fourth-order valence-corrected chi connectivity index (χ4v) is 1.12. The van der Waals surface area contributed by atoms with E-state index in [1.54, 1.807) is 20.8 Å². The van der Waals surface area contributed by atoms with Gasteiger partial charge in [-0.1, -0.05) is 0 Å². The maximum atomic E-state index is 12.4. The van der Waals surface area contributed by atoms with Crippen LogP contribution < -0.4 is 5.32 Å². The molecule has 8 heteroatoms. The van der Waals surface area contributed by atoms with E-state index >= 15 is 0 Å². The highest BCUT2D eigenvalue weighted by Crippen LogP contribution is 2.32. The van der Waals surface area contributed by atoms with Gasteiger partial charge in [-0.15, -0.1) is 0 Å². The van der Waals surface area contributed by atoms with E-state index in [2.05, 4.69) is 4.98 Å². The van der Waals surface area contributed by atoms with E-state index in [1.807, 2.05) is 5.32 Å². The van der Waals surface area contributed by atoms with Crippen molar-refractivity contribution in [3.8, 4) is 5.75 Å². The predicted octanol–water partition coefficient (Wildman–Crippen LogP) is 3.15. The number of halogens is 3. The van der Waals surface area contributed by atoms with Crippen molar-refractivity contribution in [2.45, 2.75) is 32.5 Å². The average Bonchev–Trinajstić information content (AvgIpc) is 2.16. The van der Waals surface area contributed by atoms with Gasteiger partial charge in [-0.3, -0.25) is 5.32 Å². The van der Waals surface area contributed by atoms with Crippen LogP contribution in [0.3, 0.4) is 0 Å². The molecule has 106 valence electrons. The molecule has 2 N–H and O–H groups in total. The van der Waals surface area contributed by atoms with E-state index in [0.29, 0.717) is 12.3 Å². The molecule has 5 nitrogen and oxygen atoms in total. The van der Waals surface area contributed by atoms with Crippen molar-refractivity contribution in [3.63, 3.8) is 0 Å². The summed E-state index contributed by atoms with van der Waals surface area (Å²) in [7, 11) is 0. The zero-order chi connectivity index (χ0) is 14.8. The third-order valence-electron chi connectivity index (χ3n) is 1.81. The molecule has 0 aliphatic heterocycles. The number of rotatable bonds is 1. The van der Waals surface area contributed by atoms with Crippen LogP contribution in [0.4, 0.5) is 23.7 Å². The first kappa shape index (κ1) is 15.1. The predicted molar refractivity (Wildman–Crippen MR) is 60.8 cm³/mol. The standard InChI is InChI=1S/C11H13F3N2O3/c1-10(2,3)19-9(18)16-6-4-8(11(12,13)14)15-5-7(6)17/h4-5,17H,1-3H3,(H,15,16,18). The summed E-state index contributed by atoms with van der Waals surface area (Å²) in [5, 5.41) is 11.4. The molecule has 0 spiro atoms. The molecule has 0 aliphatic rings. The van der Waals surface area contributed by atoms with Crippen molar-refractivity contribution in [2.75, 3.05) is 5.32 Å². The molecule has 1 aromatic heterocycles. The molecule has 1 aromatic rings. The molecular formula is C11H13F3N2O3. The number of nitrogens with zero attached hydrogens (tertiary/aromatic N) is 1. The number of hydrogen-bond donors (Lipinski definition) is 2. The van der Waals surface area contributed by atoms with Crippen molar-refractivity contribution < 1.29 is 27.8 Å². The fraction of sp³-hybridized carbons (Fsp3) is 0.455. The maximum Gasteiger partial charge on any atom is 0.433 e. The minimum atomic E-state index is -4.67. The number of ether oxygens (including phenoxy) is 1. The van der Waals surface area contributed by atoms with Crippen LogP contribution >= 0.6 is 0 Å². The summed E-state index contributed by atoms with van der Waals surface area (Å²) in [6.45, 7) is 4.79. The molecule has 1 rings (SSSR count). The topological polar surface area (TPSA) is 71.5 Å². The number of carbonyl (C=O) groups is 1. The number of alkyl halides is 3. The number of aromatic hydroxyl groups is 1. The third kappa shape index (κ3) is 4.65. The lowest BCUT2D eigenvalue weighted by molar-refractivity contribution is -0.141. The van der Waals surface area contributed by atoms with Crippen LogP contribution in [0.15, 0.2) is 12.3 Å². The number of hydrogen-bond acceptors (Lipinski definition) is 4. The molecule has 0 unspecified atom stereocenters. The summed E-state index contributed by atoms with van der Waals surface area (Å²) in [5.41, 5.74) is -2.45.